The van der Waals surface area contributed by atoms with Gasteiger partial charge in [-0.25, -0.2) is 4.39 Å². The lowest BCUT2D eigenvalue weighted by atomic mass is 10.1. The molecule has 1 aliphatic rings. The zero-order chi connectivity index (χ0) is 10.7. The lowest BCUT2D eigenvalue weighted by Crippen LogP contribution is -3.12. The van der Waals surface area contributed by atoms with Gasteiger partial charge in [0.2, 0.25) is 0 Å². The molecule has 0 atom stereocenters. The largest absolute Gasteiger partial charge is 0.393 e. The molecule has 0 radical (unpaired) electrons. The SMILES string of the molecule is OC1CC[NH+](Cc2ccc(F)cc2)CC1. The second-order valence-electron chi connectivity index (χ2n) is 4.28. The standard InChI is InChI=1S/C12H16FNO/c13-11-3-1-10(2-4-11)9-14-7-5-12(15)6-8-14/h1-4,12,15H,5-9H2/p+1. The highest BCUT2D eigenvalue weighted by atomic mass is 19.1. The fourth-order valence-corrected chi connectivity index (χ4v) is 2.08. The first kappa shape index (κ1) is 10.6. The van der Waals surface area contributed by atoms with Gasteiger partial charge < -0.3 is 10.0 Å². The number of halogens is 1. The van der Waals surface area contributed by atoms with Crippen molar-refractivity contribution in [1.82, 2.24) is 0 Å². The maximum atomic E-state index is 12.7. The van der Waals surface area contributed by atoms with Gasteiger partial charge in [-0.3, -0.25) is 0 Å². The normalized spacial score (nSPS) is 26.5. The molecule has 1 aliphatic heterocycles. The van der Waals surface area contributed by atoms with Crippen molar-refractivity contribution in [3.8, 4) is 0 Å². The van der Waals surface area contributed by atoms with Crippen molar-refractivity contribution in [2.75, 3.05) is 13.1 Å². The van der Waals surface area contributed by atoms with Crippen LogP contribution in [0.25, 0.3) is 0 Å². The maximum Gasteiger partial charge on any atom is 0.123 e. The molecule has 1 fully saturated rings. The number of rotatable bonds is 2. The van der Waals surface area contributed by atoms with Crippen molar-refractivity contribution in [3.63, 3.8) is 0 Å². The summed E-state index contributed by atoms with van der Waals surface area (Å²) in [5, 5.41) is 9.37. The Kier molecular flexibility index (Phi) is 3.34. The highest BCUT2D eigenvalue weighted by Crippen LogP contribution is 2.02. The number of likely N-dealkylation sites (tertiary alicyclic amines) is 1. The van der Waals surface area contributed by atoms with Crippen LogP contribution in [0.5, 0.6) is 0 Å². The summed E-state index contributed by atoms with van der Waals surface area (Å²) in [6, 6.07) is 6.70. The predicted octanol–water partition coefficient (Wildman–Crippen LogP) is 0.365. The van der Waals surface area contributed by atoms with Crippen LogP contribution in [0.15, 0.2) is 24.3 Å². The van der Waals surface area contributed by atoms with Crippen LogP contribution in [0.3, 0.4) is 0 Å². The van der Waals surface area contributed by atoms with Crippen LogP contribution in [0.2, 0.25) is 0 Å². The average Bonchev–Trinajstić information content (AvgIpc) is 2.25. The third kappa shape index (κ3) is 3.01. The molecule has 15 heavy (non-hydrogen) atoms. The Morgan fingerprint density at radius 2 is 1.80 bits per heavy atom. The molecule has 1 aromatic rings. The van der Waals surface area contributed by atoms with Crippen molar-refractivity contribution < 1.29 is 14.4 Å². The summed E-state index contributed by atoms with van der Waals surface area (Å²) >= 11 is 0. The fraction of sp³-hybridized carbons (Fsp3) is 0.500. The first-order chi connectivity index (χ1) is 7.24. The first-order valence-electron chi connectivity index (χ1n) is 5.50. The molecule has 0 aromatic heterocycles. The number of hydrogen-bond acceptors (Lipinski definition) is 1. The average molecular weight is 210 g/mol. The number of aliphatic hydroxyl groups excluding tert-OH is 1. The molecule has 0 unspecified atom stereocenters. The summed E-state index contributed by atoms with van der Waals surface area (Å²) in [7, 11) is 0. The predicted molar refractivity (Wildman–Crippen MR) is 56.0 cm³/mol. The third-order valence-corrected chi connectivity index (χ3v) is 3.03. The number of piperidine rings is 1. The molecule has 2 rings (SSSR count). The molecule has 82 valence electrons. The van der Waals surface area contributed by atoms with Crippen LogP contribution in [0.4, 0.5) is 4.39 Å². The quantitative estimate of drug-likeness (QED) is 0.724. The Morgan fingerprint density at radius 1 is 1.20 bits per heavy atom. The highest BCUT2D eigenvalue weighted by molar-refractivity contribution is 5.14. The number of quaternary nitrogens is 1. The van der Waals surface area contributed by atoms with Crippen molar-refractivity contribution in [1.29, 1.82) is 0 Å². The molecule has 2 nitrogen and oxygen atoms in total. The molecule has 3 heteroatoms. The minimum atomic E-state index is -0.178. The molecule has 0 bridgehead atoms. The van der Waals surface area contributed by atoms with Gasteiger partial charge in [0, 0.05) is 18.4 Å². The van der Waals surface area contributed by atoms with Gasteiger partial charge in [-0.2, -0.15) is 0 Å². The minimum absolute atomic E-state index is 0.109. The molecule has 0 amide bonds. The van der Waals surface area contributed by atoms with E-state index in [1.165, 1.54) is 22.6 Å². The van der Waals surface area contributed by atoms with Crippen LogP contribution in [-0.4, -0.2) is 24.3 Å². The van der Waals surface area contributed by atoms with Gasteiger partial charge in [-0.1, -0.05) is 12.1 Å². The van der Waals surface area contributed by atoms with Crippen LogP contribution >= 0.6 is 0 Å². The monoisotopic (exact) mass is 210 g/mol. The lowest BCUT2D eigenvalue weighted by Gasteiger charge is -2.26. The summed E-state index contributed by atoms with van der Waals surface area (Å²) in [4.78, 5) is 1.48. The van der Waals surface area contributed by atoms with E-state index in [1.54, 1.807) is 0 Å². The van der Waals surface area contributed by atoms with Gasteiger partial charge in [0.1, 0.15) is 12.4 Å². The van der Waals surface area contributed by atoms with E-state index < -0.39 is 0 Å². The Balaban J connectivity index is 1.89. The van der Waals surface area contributed by atoms with Gasteiger partial charge in [0.05, 0.1) is 19.2 Å². The molecule has 1 heterocycles. The van der Waals surface area contributed by atoms with E-state index in [4.69, 9.17) is 0 Å². The first-order valence-corrected chi connectivity index (χ1v) is 5.50. The van der Waals surface area contributed by atoms with E-state index in [0.29, 0.717) is 0 Å². The third-order valence-electron chi connectivity index (χ3n) is 3.03. The summed E-state index contributed by atoms with van der Waals surface area (Å²) in [5.41, 5.74) is 1.17. The van der Waals surface area contributed by atoms with Gasteiger partial charge in [-0.05, 0) is 12.1 Å². The van der Waals surface area contributed by atoms with E-state index >= 15 is 0 Å². The highest BCUT2D eigenvalue weighted by Gasteiger charge is 2.19. The van der Waals surface area contributed by atoms with Crippen molar-refractivity contribution in [3.05, 3.63) is 35.6 Å². The molecular weight excluding hydrogens is 193 g/mol. The number of aliphatic hydroxyl groups is 1. The number of hydrogen-bond donors (Lipinski definition) is 2. The Bertz CT molecular complexity index is 304. The number of nitrogens with one attached hydrogen (secondary N) is 1. The van der Waals surface area contributed by atoms with Gasteiger partial charge in [0.15, 0.2) is 0 Å². The summed E-state index contributed by atoms with van der Waals surface area (Å²) in [6.45, 7) is 2.96. The molecule has 0 aliphatic carbocycles. The second kappa shape index (κ2) is 4.73. The smallest absolute Gasteiger partial charge is 0.123 e. The van der Waals surface area contributed by atoms with Crippen LogP contribution in [0.1, 0.15) is 18.4 Å². The van der Waals surface area contributed by atoms with E-state index in [9.17, 15) is 9.50 Å². The number of benzene rings is 1. The molecule has 0 saturated carbocycles. The summed E-state index contributed by atoms with van der Waals surface area (Å²) < 4.78 is 12.7. The zero-order valence-corrected chi connectivity index (χ0v) is 8.75. The molecular formula is C12H17FNO+. The lowest BCUT2D eigenvalue weighted by molar-refractivity contribution is -0.919. The molecule has 1 saturated heterocycles. The second-order valence-corrected chi connectivity index (χ2v) is 4.28. The summed E-state index contributed by atoms with van der Waals surface area (Å²) in [5.74, 6) is -0.178. The fourth-order valence-electron chi connectivity index (χ4n) is 2.08. The Morgan fingerprint density at radius 3 is 2.40 bits per heavy atom. The van der Waals surface area contributed by atoms with Gasteiger partial charge >= 0.3 is 0 Å². The topological polar surface area (TPSA) is 24.7 Å². The maximum absolute atomic E-state index is 12.7. The molecule has 0 spiro atoms. The van der Waals surface area contributed by atoms with Gasteiger partial charge in [0.25, 0.3) is 0 Å². The van der Waals surface area contributed by atoms with Crippen LogP contribution in [0, 0.1) is 5.82 Å². The molecule has 1 aromatic carbocycles. The minimum Gasteiger partial charge on any atom is -0.393 e. The van der Waals surface area contributed by atoms with Crippen molar-refractivity contribution in [2.24, 2.45) is 0 Å². The Labute approximate surface area is 89.3 Å². The summed E-state index contributed by atoms with van der Waals surface area (Å²) in [6.07, 6.45) is 1.66. The van der Waals surface area contributed by atoms with E-state index in [1.807, 2.05) is 12.1 Å². The van der Waals surface area contributed by atoms with E-state index in [2.05, 4.69) is 0 Å². The van der Waals surface area contributed by atoms with Gasteiger partial charge in [-0.15, -0.1) is 0 Å². The van der Waals surface area contributed by atoms with Crippen LogP contribution in [-0.2, 0) is 6.54 Å². The van der Waals surface area contributed by atoms with Crippen molar-refractivity contribution >= 4 is 0 Å². The van der Waals surface area contributed by atoms with E-state index in [0.717, 1.165) is 32.5 Å². The van der Waals surface area contributed by atoms with Crippen molar-refractivity contribution in [2.45, 2.75) is 25.5 Å². The molecule has 2 N–H and O–H groups in total. The van der Waals surface area contributed by atoms with Crippen LogP contribution < -0.4 is 4.90 Å². The Hall–Kier alpha value is -0.930. The zero-order valence-electron chi connectivity index (χ0n) is 8.75. The van der Waals surface area contributed by atoms with E-state index in [-0.39, 0.29) is 11.9 Å².